The van der Waals surface area contributed by atoms with Crippen molar-refractivity contribution in [1.82, 2.24) is 10.3 Å². The van der Waals surface area contributed by atoms with E-state index in [1.54, 1.807) is 18.3 Å². The van der Waals surface area contributed by atoms with Gasteiger partial charge in [-0.1, -0.05) is 0 Å². The third kappa shape index (κ3) is 3.47. The lowest BCUT2D eigenvalue weighted by molar-refractivity contribution is 0.0950. The van der Waals surface area contributed by atoms with Gasteiger partial charge < -0.3 is 15.4 Å². The second-order valence-corrected chi connectivity index (χ2v) is 4.11. The van der Waals surface area contributed by atoms with Gasteiger partial charge in [-0.25, -0.2) is 0 Å². The molecule has 0 bridgehead atoms. The van der Waals surface area contributed by atoms with Crippen LogP contribution in [0.2, 0.25) is 0 Å². The molecule has 2 aromatic rings. The summed E-state index contributed by atoms with van der Waals surface area (Å²) in [7, 11) is 1.86. The van der Waals surface area contributed by atoms with Gasteiger partial charge in [0.2, 0.25) is 0 Å². The molecule has 20 heavy (non-hydrogen) atoms. The number of carbonyl (C=O) groups excluding carboxylic acids is 1. The van der Waals surface area contributed by atoms with E-state index in [1.165, 1.54) is 0 Å². The van der Waals surface area contributed by atoms with Crippen molar-refractivity contribution in [2.24, 2.45) is 0 Å². The molecule has 1 aromatic carbocycles. The molecule has 2 N–H and O–H groups in total. The number of hydrogen-bond acceptors (Lipinski definition) is 4. The fourth-order valence-electron chi connectivity index (χ4n) is 1.68. The highest BCUT2D eigenvalue weighted by Gasteiger charge is 2.07. The molecule has 0 aliphatic carbocycles. The van der Waals surface area contributed by atoms with Gasteiger partial charge in [0.1, 0.15) is 17.2 Å². The monoisotopic (exact) mass is 271 g/mol. The lowest BCUT2D eigenvalue weighted by Gasteiger charge is -2.08. The highest BCUT2D eigenvalue weighted by atomic mass is 16.5. The van der Waals surface area contributed by atoms with Crippen molar-refractivity contribution in [2.75, 3.05) is 18.9 Å². The average molecular weight is 271 g/mol. The van der Waals surface area contributed by atoms with Crippen molar-refractivity contribution in [3.05, 3.63) is 48.3 Å². The summed E-state index contributed by atoms with van der Waals surface area (Å²) in [4.78, 5) is 15.7. The first-order valence-electron chi connectivity index (χ1n) is 6.43. The average Bonchev–Trinajstić information content (AvgIpc) is 2.48. The lowest BCUT2D eigenvalue weighted by Crippen LogP contribution is -2.23. The Labute approximate surface area is 118 Å². The van der Waals surface area contributed by atoms with E-state index < -0.39 is 0 Å². The van der Waals surface area contributed by atoms with Gasteiger partial charge in [0.15, 0.2) is 0 Å². The van der Waals surface area contributed by atoms with Crippen LogP contribution in [-0.2, 0) is 0 Å². The maximum Gasteiger partial charge on any atom is 0.270 e. The Morgan fingerprint density at radius 2 is 1.95 bits per heavy atom. The topological polar surface area (TPSA) is 63.2 Å². The zero-order valence-corrected chi connectivity index (χ0v) is 11.5. The number of rotatable bonds is 5. The number of carbonyl (C=O) groups is 1. The van der Waals surface area contributed by atoms with Crippen LogP contribution >= 0.6 is 0 Å². The number of aromatic nitrogens is 1. The van der Waals surface area contributed by atoms with E-state index in [-0.39, 0.29) is 5.91 Å². The Hall–Kier alpha value is -2.56. The van der Waals surface area contributed by atoms with Crippen molar-refractivity contribution in [3.63, 3.8) is 0 Å². The molecule has 104 valence electrons. The van der Waals surface area contributed by atoms with Crippen LogP contribution in [0.4, 0.5) is 5.69 Å². The van der Waals surface area contributed by atoms with Gasteiger partial charge in [-0.3, -0.25) is 9.78 Å². The Bertz CT molecular complexity index is 582. The Morgan fingerprint density at radius 1 is 1.20 bits per heavy atom. The summed E-state index contributed by atoms with van der Waals surface area (Å²) in [5.41, 5.74) is 1.35. The van der Waals surface area contributed by atoms with Gasteiger partial charge in [-0.05, 0) is 37.3 Å². The smallest absolute Gasteiger partial charge is 0.270 e. The first-order chi connectivity index (χ1) is 9.72. The van der Waals surface area contributed by atoms with Crippen LogP contribution in [0.5, 0.6) is 11.5 Å². The summed E-state index contributed by atoms with van der Waals surface area (Å²) < 4.78 is 5.70. The molecule has 0 unspecified atom stereocenters. The normalized spacial score (nSPS) is 9.90. The van der Waals surface area contributed by atoms with E-state index >= 15 is 0 Å². The molecule has 0 saturated carbocycles. The van der Waals surface area contributed by atoms with Crippen LogP contribution in [0.3, 0.4) is 0 Å². The fourth-order valence-corrected chi connectivity index (χ4v) is 1.68. The molecule has 0 saturated heterocycles. The minimum absolute atomic E-state index is 0.205. The van der Waals surface area contributed by atoms with Crippen LogP contribution in [0.15, 0.2) is 42.6 Å². The number of nitrogens with zero attached hydrogens (tertiary/aromatic N) is 1. The summed E-state index contributed by atoms with van der Waals surface area (Å²) in [6, 6.07) is 10.9. The summed E-state index contributed by atoms with van der Waals surface area (Å²) in [6.07, 6.45) is 1.56. The Morgan fingerprint density at radius 3 is 2.60 bits per heavy atom. The van der Waals surface area contributed by atoms with Crippen molar-refractivity contribution in [2.45, 2.75) is 6.92 Å². The number of anilines is 1. The maximum atomic E-state index is 11.7. The van der Waals surface area contributed by atoms with Gasteiger partial charge in [-0.15, -0.1) is 0 Å². The molecule has 5 heteroatoms. The standard InChI is InChI=1S/C15H17N3O2/c1-3-17-15(19)14-10-13(8-9-18-14)20-12-6-4-11(16-2)5-7-12/h4-10,16H,3H2,1-2H3,(H,17,19). The van der Waals surface area contributed by atoms with Crippen LogP contribution in [0, 0.1) is 0 Å². The van der Waals surface area contributed by atoms with Crippen LogP contribution in [-0.4, -0.2) is 24.5 Å². The fraction of sp³-hybridized carbons (Fsp3) is 0.200. The van der Waals surface area contributed by atoms with E-state index in [0.29, 0.717) is 23.7 Å². The predicted molar refractivity (Wildman–Crippen MR) is 78.3 cm³/mol. The van der Waals surface area contributed by atoms with E-state index in [9.17, 15) is 4.79 Å². The van der Waals surface area contributed by atoms with E-state index in [2.05, 4.69) is 15.6 Å². The molecular weight excluding hydrogens is 254 g/mol. The number of nitrogens with one attached hydrogen (secondary N) is 2. The summed E-state index contributed by atoms with van der Waals surface area (Å²) in [5, 5.41) is 5.74. The van der Waals surface area contributed by atoms with Gasteiger partial charge in [0.05, 0.1) is 0 Å². The summed E-state index contributed by atoms with van der Waals surface area (Å²) in [6.45, 7) is 2.43. The van der Waals surface area contributed by atoms with Crippen LogP contribution in [0.1, 0.15) is 17.4 Å². The third-order valence-electron chi connectivity index (χ3n) is 2.68. The first-order valence-corrected chi connectivity index (χ1v) is 6.43. The van der Waals surface area contributed by atoms with E-state index in [4.69, 9.17) is 4.74 Å². The quantitative estimate of drug-likeness (QED) is 0.877. The minimum atomic E-state index is -0.205. The highest BCUT2D eigenvalue weighted by Crippen LogP contribution is 2.22. The van der Waals surface area contributed by atoms with Gasteiger partial charge in [0.25, 0.3) is 5.91 Å². The Kier molecular flexibility index (Phi) is 4.55. The number of ether oxygens (including phenoxy) is 1. The lowest BCUT2D eigenvalue weighted by atomic mass is 10.3. The van der Waals surface area contributed by atoms with Crippen LogP contribution in [0.25, 0.3) is 0 Å². The molecule has 5 nitrogen and oxygen atoms in total. The molecule has 0 aliphatic rings. The number of pyridine rings is 1. The van der Waals surface area contributed by atoms with Crippen molar-refractivity contribution in [3.8, 4) is 11.5 Å². The maximum absolute atomic E-state index is 11.7. The van der Waals surface area contributed by atoms with Crippen molar-refractivity contribution >= 4 is 11.6 Å². The summed E-state index contributed by atoms with van der Waals surface area (Å²) in [5.74, 6) is 1.08. The first kappa shape index (κ1) is 13.9. The molecule has 1 aromatic heterocycles. The number of hydrogen-bond donors (Lipinski definition) is 2. The van der Waals surface area contributed by atoms with E-state index in [0.717, 1.165) is 5.69 Å². The van der Waals surface area contributed by atoms with Crippen LogP contribution < -0.4 is 15.4 Å². The number of amides is 1. The largest absolute Gasteiger partial charge is 0.457 e. The Balaban J connectivity index is 2.12. The molecule has 2 rings (SSSR count). The second-order valence-electron chi connectivity index (χ2n) is 4.11. The van der Waals surface area contributed by atoms with E-state index in [1.807, 2.05) is 38.2 Å². The molecule has 0 radical (unpaired) electrons. The SMILES string of the molecule is CCNC(=O)c1cc(Oc2ccc(NC)cc2)ccn1. The molecule has 0 atom stereocenters. The third-order valence-corrected chi connectivity index (χ3v) is 2.68. The molecule has 0 spiro atoms. The second kappa shape index (κ2) is 6.56. The molecule has 0 fully saturated rings. The van der Waals surface area contributed by atoms with Gasteiger partial charge in [-0.2, -0.15) is 0 Å². The zero-order chi connectivity index (χ0) is 14.4. The molecule has 1 heterocycles. The predicted octanol–water partition coefficient (Wildman–Crippen LogP) is 2.67. The molecule has 1 amide bonds. The van der Waals surface area contributed by atoms with Gasteiger partial charge in [0, 0.05) is 31.5 Å². The number of benzene rings is 1. The van der Waals surface area contributed by atoms with Crippen molar-refractivity contribution < 1.29 is 9.53 Å². The minimum Gasteiger partial charge on any atom is -0.457 e. The molecular formula is C15H17N3O2. The highest BCUT2D eigenvalue weighted by molar-refractivity contribution is 5.92. The van der Waals surface area contributed by atoms with Crippen molar-refractivity contribution in [1.29, 1.82) is 0 Å². The zero-order valence-electron chi connectivity index (χ0n) is 11.5. The molecule has 0 aliphatic heterocycles. The van der Waals surface area contributed by atoms with Gasteiger partial charge >= 0.3 is 0 Å². The summed E-state index contributed by atoms with van der Waals surface area (Å²) >= 11 is 0.